The molecule has 1 fully saturated rings. The van der Waals surface area contributed by atoms with Gasteiger partial charge < -0.3 is 10.0 Å². The highest BCUT2D eigenvalue weighted by molar-refractivity contribution is 7.92. The fraction of sp³-hybridized carbons (Fsp3) is 0.875. The van der Waals surface area contributed by atoms with Crippen LogP contribution in [0.3, 0.4) is 0 Å². The highest BCUT2D eigenvalue weighted by Gasteiger charge is 2.28. The molecule has 1 heterocycles. The lowest BCUT2D eigenvalue weighted by Crippen LogP contribution is -2.46. The lowest BCUT2D eigenvalue weighted by atomic mass is 10.3. The molecule has 1 saturated heterocycles. The van der Waals surface area contributed by atoms with Gasteiger partial charge in [0.25, 0.3) is 0 Å². The Hall–Kier alpha value is -0.330. The molecule has 0 saturated carbocycles. The van der Waals surface area contributed by atoms with Crippen LogP contribution >= 0.6 is 12.4 Å². The largest absolute Gasteiger partial charge is 0.481 e. The van der Waals surface area contributed by atoms with Crippen molar-refractivity contribution in [3.05, 3.63) is 0 Å². The topological polar surface area (TPSA) is 74.7 Å². The number of carboxylic acids is 1. The third-order valence-electron chi connectivity index (χ3n) is 2.46. The van der Waals surface area contributed by atoms with E-state index < -0.39 is 15.8 Å². The van der Waals surface area contributed by atoms with E-state index in [2.05, 4.69) is 0 Å². The van der Waals surface area contributed by atoms with E-state index in [1.165, 1.54) is 0 Å². The van der Waals surface area contributed by atoms with E-state index >= 15 is 0 Å². The maximum Gasteiger partial charge on any atom is 0.304 e. The summed E-state index contributed by atoms with van der Waals surface area (Å²) >= 11 is 0. The number of hydrogen-bond acceptors (Lipinski definition) is 4. The summed E-state index contributed by atoms with van der Waals surface area (Å²) in [6.07, 6.45) is 0.0762. The molecule has 0 amide bonds. The molecule has 5 nitrogen and oxygen atoms in total. The number of carboxylic acid groups (broad SMARTS) is 1. The molecular weight excluding hydrogens is 242 g/mol. The van der Waals surface area contributed by atoms with Gasteiger partial charge in [0.05, 0.1) is 17.4 Å². The first-order chi connectivity index (χ1) is 6.42. The minimum Gasteiger partial charge on any atom is -0.481 e. The Balaban J connectivity index is 0.00000196. The summed E-state index contributed by atoms with van der Waals surface area (Å²) in [5.41, 5.74) is 0. The average molecular weight is 258 g/mol. The molecule has 0 radical (unpaired) electrons. The SMILES string of the molecule is CC1CN(CCC(=O)O)CCS1(=O)=O.Cl. The van der Waals surface area contributed by atoms with E-state index in [0.29, 0.717) is 19.6 Å². The van der Waals surface area contributed by atoms with Gasteiger partial charge in [-0.1, -0.05) is 0 Å². The summed E-state index contributed by atoms with van der Waals surface area (Å²) in [6.45, 7) is 3.02. The number of sulfone groups is 1. The second-order valence-corrected chi connectivity index (χ2v) is 6.16. The first-order valence-corrected chi connectivity index (χ1v) is 6.29. The summed E-state index contributed by atoms with van der Waals surface area (Å²) in [4.78, 5) is 12.2. The zero-order valence-corrected chi connectivity index (χ0v) is 10.2. The van der Waals surface area contributed by atoms with Gasteiger partial charge >= 0.3 is 5.97 Å². The molecule has 1 unspecified atom stereocenters. The van der Waals surface area contributed by atoms with Gasteiger partial charge in [-0.2, -0.15) is 0 Å². The van der Waals surface area contributed by atoms with Crippen LogP contribution in [0.5, 0.6) is 0 Å². The summed E-state index contributed by atoms with van der Waals surface area (Å²) in [7, 11) is -2.92. The van der Waals surface area contributed by atoms with E-state index in [4.69, 9.17) is 5.11 Å². The lowest BCUT2D eigenvalue weighted by Gasteiger charge is -2.30. The molecular formula is C8H16ClNO4S. The van der Waals surface area contributed by atoms with Crippen LogP contribution in [0, 0.1) is 0 Å². The quantitative estimate of drug-likeness (QED) is 0.771. The minimum absolute atomic E-state index is 0. The van der Waals surface area contributed by atoms with E-state index in [0.717, 1.165) is 0 Å². The van der Waals surface area contributed by atoms with Crippen LogP contribution in [0.4, 0.5) is 0 Å². The van der Waals surface area contributed by atoms with Gasteiger partial charge in [0, 0.05) is 19.6 Å². The second kappa shape index (κ2) is 5.67. The van der Waals surface area contributed by atoms with Gasteiger partial charge in [-0.05, 0) is 6.92 Å². The molecule has 0 aromatic heterocycles. The average Bonchev–Trinajstić information content (AvgIpc) is 2.07. The maximum atomic E-state index is 11.3. The Morgan fingerprint density at radius 2 is 2.13 bits per heavy atom. The van der Waals surface area contributed by atoms with Crippen LogP contribution in [0.15, 0.2) is 0 Å². The molecule has 1 atom stereocenters. The van der Waals surface area contributed by atoms with Crippen LogP contribution in [0.1, 0.15) is 13.3 Å². The van der Waals surface area contributed by atoms with Crippen molar-refractivity contribution in [3.63, 3.8) is 0 Å². The van der Waals surface area contributed by atoms with Crippen LogP contribution in [-0.2, 0) is 14.6 Å². The highest BCUT2D eigenvalue weighted by atomic mass is 35.5. The molecule has 1 rings (SSSR count). The second-order valence-electron chi connectivity index (χ2n) is 3.62. The van der Waals surface area contributed by atoms with Crippen LogP contribution in [0.2, 0.25) is 0 Å². The third kappa shape index (κ3) is 4.36. The van der Waals surface area contributed by atoms with E-state index in [1.54, 1.807) is 6.92 Å². The molecule has 1 aliphatic heterocycles. The summed E-state index contributed by atoms with van der Waals surface area (Å²) in [5, 5.41) is 8.10. The number of halogens is 1. The zero-order valence-electron chi connectivity index (χ0n) is 8.55. The number of hydrogen-bond donors (Lipinski definition) is 1. The van der Waals surface area contributed by atoms with E-state index in [-0.39, 0.29) is 29.8 Å². The molecule has 7 heteroatoms. The van der Waals surface area contributed by atoms with Gasteiger partial charge in [0.15, 0.2) is 9.84 Å². The number of carbonyl (C=O) groups is 1. The van der Waals surface area contributed by atoms with E-state index in [9.17, 15) is 13.2 Å². The van der Waals surface area contributed by atoms with Crippen molar-refractivity contribution in [2.45, 2.75) is 18.6 Å². The first-order valence-electron chi connectivity index (χ1n) is 4.57. The summed E-state index contributed by atoms with van der Waals surface area (Å²) < 4.78 is 22.6. The van der Waals surface area contributed by atoms with Crippen molar-refractivity contribution in [1.82, 2.24) is 4.90 Å². The Morgan fingerprint density at radius 3 is 2.60 bits per heavy atom. The molecule has 0 aromatic carbocycles. The fourth-order valence-electron chi connectivity index (χ4n) is 1.48. The van der Waals surface area contributed by atoms with Crippen molar-refractivity contribution in [1.29, 1.82) is 0 Å². The Kier molecular flexibility index (Phi) is 5.55. The van der Waals surface area contributed by atoms with E-state index in [1.807, 2.05) is 4.90 Å². The number of rotatable bonds is 3. The van der Waals surface area contributed by atoms with Gasteiger partial charge in [0.2, 0.25) is 0 Å². The van der Waals surface area contributed by atoms with Crippen LogP contribution in [-0.4, -0.2) is 55.0 Å². The van der Waals surface area contributed by atoms with Gasteiger partial charge in [-0.25, -0.2) is 8.42 Å². The van der Waals surface area contributed by atoms with Crippen molar-refractivity contribution in [2.24, 2.45) is 0 Å². The third-order valence-corrected chi connectivity index (χ3v) is 4.59. The van der Waals surface area contributed by atoms with Gasteiger partial charge in [-0.15, -0.1) is 12.4 Å². The molecule has 1 N–H and O–H groups in total. The Bertz CT molecular complexity index is 317. The van der Waals surface area contributed by atoms with Gasteiger partial charge in [0.1, 0.15) is 0 Å². The van der Waals surface area contributed by atoms with Crippen molar-refractivity contribution in [3.8, 4) is 0 Å². The fourth-order valence-corrected chi connectivity index (χ4v) is 2.84. The van der Waals surface area contributed by atoms with Crippen molar-refractivity contribution in [2.75, 3.05) is 25.4 Å². The monoisotopic (exact) mass is 257 g/mol. The predicted octanol–water partition coefficient (Wildman–Crippen LogP) is 0.00180. The summed E-state index contributed by atoms with van der Waals surface area (Å²) in [6, 6.07) is 0. The van der Waals surface area contributed by atoms with Crippen molar-refractivity contribution < 1.29 is 18.3 Å². The minimum atomic E-state index is -2.92. The zero-order chi connectivity index (χ0) is 10.8. The molecule has 0 aromatic rings. The Labute approximate surface area is 95.8 Å². The molecule has 15 heavy (non-hydrogen) atoms. The highest BCUT2D eigenvalue weighted by Crippen LogP contribution is 2.11. The summed E-state index contributed by atoms with van der Waals surface area (Å²) in [5.74, 6) is -0.695. The molecule has 0 aliphatic carbocycles. The molecule has 0 spiro atoms. The van der Waals surface area contributed by atoms with Crippen molar-refractivity contribution >= 4 is 28.2 Å². The normalized spacial score (nSPS) is 25.5. The molecule has 0 bridgehead atoms. The van der Waals surface area contributed by atoms with Gasteiger partial charge in [-0.3, -0.25) is 4.79 Å². The maximum absolute atomic E-state index is 11.3. The lowest BCUT2D eigenvalue weighted by molar-refractivity contribution is -0.137. The number of aliphatic carboxylic acids is 1. The standard InChI is InChI=1S/C8H15NO4S.ClH/c1-7-6-9(3-2-8(10)11)4-5-14(7,12)13;/h7H,2-6H2,1H3,(H,10,11);1H. The smallest absolute Gasteiger partial charge is 0.304 e. The molecule has 1 aliphatic rings. The van der Waals surface area contributed by atoms with Crippen LogP contribution < -0.4 is 0 Å². The number of nitrogens with zero attached hydrogens (tertiary/aromatic N) is 1. The predicted molar refractivity (Wildman–Crippen MR) is 59.2 cm³/mol. The van der Waals surface area contributed by atoms with Crippen LogP contribution in [0.25, 0.3) is 0 Å². The Morgan fingerprint density at radius 1 is 1.53 bits per heavy atom. The molecule has 90 valence electrons. The first kappa shape index (κ1) is 14.7.